The van der Waals surface area contributed by atoms with Crippen molar-refractivity contribution in [1.82, 2.24) is 9.55 Å². The molecule has 3 N–H and O–H groups in total. The van der Waals surface area contributed by atoms with Gasteiger partial charge in [0.1, 0.15) is 0 Å². The largest absolute Gasteiger partial charge is 0.396 e. The first-order valence-corrected chi connectivity index (χ1v) is 9.89. The van der Waals surface area contributed by atoms with Gasteiger partial charge in [0, 0.05) is 36.1 Å². The second kappa shape index (κ2) is 8.73. The van der Waals surface area contributed by atoms with Crippen LogP contribution in [0, 0.1) is 11.8 Å². The van der Waals surface area contributed by atoms with Crippen LogP contribution in [0.25, 0.3) is 0 Å². The lowest BCUT2D eigenvalue weighted by Crippen LogP contribution is -2.34. The molecule has 1 heterocycles. The lowest BCUT2D eigenvalue weighted by Gasteiger charge is -2.16. The highest BCUT2D eigenvalue weighted by Crippen LogP contribution is 2.33. The molecule has 2 atom stereocenters. The highest BCUT2D eigenvalue weighted by Gasteiger charge is 2.27. The van der Waals surface area contributed by atoms with Crippen molar-refractivity contribution in [2.45, 2.75) is 36.2 Å². The van der Waals surface area contributed by atoms with Crippen molar-refractivity contribution in [2.75, 3.05) is 13.2 Å². The maximum absolute atomic E-state index is 12.6. The standard InChI is InChI=1S/C20H24N2O4S/c1-2-17-18(25)21-20(26)22(19(17)27-16-6-4-3-5-7-16)10-13-8-14(11-23)15(9-13)12-24/h3-8,14-15,23-24H,2,9-12H2,1H3,(H,21,25,26). The molecule has 1 aromatic heterocycles. The summed E-state index contributed by atoms with van der Waals surface area (Å²) in [4.78, 5) is 28.3. The summed E-state index contributed by atoms with van der Waals surface area (Å²) in [5.74, 6) is -0.126. The van der Waals surface area contributed by atoms with E-state index in [0.29, 0.717) is 30.0 Å². The van der Waals surface area contributed by atoms with E-state index in [1.54, 1.807) is 4.57 Å². The quantitative estimate of drug-likeness (QED) is 0.497. The maximum Gasteiger partial charge on any atom is 0.329 e. The maximum atomic E-state index is 12.6. The van der Waals surface area contributed by atoms with Crippen LogP contribution in [-0.4, -0.2) is 33.0 Å². The van der Waals surface area contributed by atoms with Gasteiger partial charge in [0.15, 0.2) is 0 Å². The number of aromatic amines is 1. The second-order valence-electron chi connectivity index (χ2n) is 6.72. The molecule has 0 amide bonds. The number of H-pyrrole nitrogens is 1. The molecule has 1 aromatic carbocycles. The van der Waals surface area contributed by atoms with E-state index in [0.717, 1.165) is 10.5 Å². The van der Waals surface area contributed by atoms with Crippen LogP contribution in [0.2, 0.25) is 0 Å². The van der Waals surface area contributed by atoms with E-state index in [9.17, 15) is 19.8 Å². The molecule has 27 heavy (non-hydrogen) atoms. The molecule has 144 valence electrons. The third-order valence-corrected chi connectivity index (χ3v) is 6.11. The van der Waals surface area contributed by atoms with Crippen LogP contribution in [0.4, 0.5) is 0 Å². The summed E-state index contributed by atoms with van der Waals surface area (Å²) in [5.41, 5.74) is 0.780. The van der Waals surface area contributed by atoms with Gasteiger partial charge in [0.05, 0.1) is 5.03 Å². The van der Waals surface area contributed by atoms with Gasteiger partial charge in [-0.1, -0.05) is 48.5 Å². The summed E-state index contributed by atoms with van der Waals surface area (Å²) in [5, 5.41) is 19.7. The Morgan fingerprint density at radius 3 is 2.52 bits per heavy atom. The van der Waals surface area contributed by atoms with Crippen LogP contribution in [0.5, 0.6) is 0 Å². The van der Waals surface area contributed by atoms with Crippen molar-refractivity contribution in [3.8, 4) is 0 Å². The fourth-order valence-corrected chi connectivity index (χ4v) is 4.62. The molecule has 2 unspecified atom stereocenters. The fraction of sp³-hybridized carbons (Fsp3) is 0.400. The van der Waals surface area contributed by atoms with Crippen molar-refractivity contribution in [1.29, 1.82) is 0 Å². The predicted molar refractivity (Wildman–Crippen MR) is 105 cm³/mol. The molecular formula is C20H24N2O4S. The summed E-state index contributed by atoms with van der Waals surface area (Å²) < 4.78 is 1.60. The van der Waals surface area contributed by atoms with Crippen molar-refractivity contribution >= 4 is 11.8 Å². The van der Waals surface area contributed by atoms with Gasteiger partial charge in [0.2, 0.25) is 0 Å². The first-order valence-electron chi connectivity index (χ1n) is 9.07. The van der Waals surface area contributed by atoms with Gasteiger partial charge in [-0.2, -0.15) is 0 Å². The number of benzene rings is 1. The van der Waals surface area contributed by atoms with Gasteiger partial charge in [-0.3, -0.25) is 14.3 Å². The lowest BCUT2D eigenvalue weighted by atomic mass is 9.97. The fourth-order valence-electron chi connectivity index (χ4n) is 3.48. The average molecular weight is 388 g/mol. The Morgan fingerprint density at radius 2 is 1.93 bits per heavy atom. The summed E-state index contributed by atoms with van der Waals surface area (Å²) in [6.45, 7) is 2.20. The number of aromatic nitrogens is 2. The Hall–Kier alpha value is -2.09. The third-order valence-electron chi connectivity index (χ3n) is 4.94. The minimum Gasteiger partial charge on any atom is -0.396 e. The zero-order chi connectivity index (χ0) is 19.4. The number of nitrogens with one attached hydrogen (secondary N) is 1. The Bertz CT molecular complexity index is 933. The lowest BCUT2D eigenvalue weighted by molar-refractivity contribution is 0.154. The van der Waals surface area contributed by atoms with Crippen LogP contribution in [0.3, 0.4) is 0 Å². The zero-order valence-corrected chi connectivity index (χ0v) is 16.0. The van der Waals surface area contributed by atoms with Gasteiger partial charge in [-0.15, -0.1) is 0 Å². The van der Waals surface area contributed by atoms with Gasteiger partial charge < -0.3 is 10.2 Å². The minimum atomic E-state index is -0.440. The van der Waals surface area contributed by atoms with Crippen molar-refractivity contribution in [3.63, 3.8) is 0 Å². The zero-order valence-electron chi connectivity index (χ0n) is 15.2. The second-order valence-corrected chi connectivity index (χ2v) is 7.78. The highest BCUT2D eigenvalue weighted by molar-refractivity contribution is 7.99. The van der Waals surface area contributed by atoms with Crippen molar-refractivity contribution in [3.05, 3.63) is 68.4 Å². The van der Waals surface area contributed by atoms with Crippen molar-refractivity contribution in [2.24, 2.45) is 11.8 Å². The molecular weight excluding hydrogens is 364 g/mol. The summed E-state index contributed by atoms with van der Waals surface area (Å²) in [6.07, 6.45) is 3.09. The van der Waals surface area contributed by atoms with E-state index >= 15 is 0 Å². The first-order chi connectivity index (χ1) is 13.1. The number of allylic oxidation sites excluding steroid dienone is 1. The van der Waals surface area contributed by atoms with E-state index in [1.807, 2.05) is 43.3 Å². The number of rotatable bonds is 7. The number of hydrogen-bond acceptors (Lipinski definition) is 5. The molecule has 0 saturated carbocycles. The molecule has 0 fully saturated rings. The molecule has 0 bridgehead atoms. The number of nitrogens with zero attached hydrogens (tertiary/aromatic N) is 1. The van der Waals surface area contributed by atoms with E-state index in [1.165, 1.54) is 11.8 Å². The van der Waals surface area contributed by atoms with Crippen LogP contribution >= 0.6 is 11.8 Å². The predicted octanol–water partition coefficient (Wildman–Crippen LogP) is 1.80. The van der Waals surface area contributed by atoms with Crippen molar-refractivity contribution < 1.29 is 10.2 Å². The normalized spacial score (nSPS) is 19.3. The Balaban J connectivity index is 2.02. The summed E-state index contributed by atoms with van der Waals surface area (Å²) >= 11 is 1.41. The van der Waals surface area contributed by atoms with Crippen LogP contribution in [-0.2, 0) is 13.0 Å². The Labute approximate surface area is 161 Å². The number of hydrogen-bond donors (Lipinski definition) is 3. The smallest absolute Gasteiger partial charge is 0.329 e. The topological polar surface area (TPSA) is 95.3 Å². The minimum absolute atomic E-state index is 0.00240. The van der Waals surface area contributed by atoms with Crippen LogP contribution in [0.1, 0.15) is 18.9 Å². The molecule has 1 aliphatic carbocycles. The van der Waals surface area contributed by atoms with Gasteiger partial charge in [0.25, 0.3) is 5.56 Å². The summed E-state index contributed by atoms with van der Waals surface area (Å²) in [7, 11) is 0. The molecule has 3 rings (SSSR count). The van der Waals surface area contributed by atoms with Gasteiger partial charge in [-0.25, -0.2) is 4.79 Å². The van der Waals surface area contributed by atoms with E-state index in [-0.39, 0.29) is 30.6 Å². The Kier molecular flexibility index (Phi) is 6.36. The molecule has 0 saturated heterocycles. The molecule has 7 heteroatoms. The monoisotopic (exact) mass is 388 g/mol. The molecule has 2 aromatic rings. The highest BCUT2D eigenvalue weighted by atomic mass is 32.2. The first kappa shape index (κ1) is 19.7. The van der Waals surface area contributed by atoms with E-state index in [4.69, 9.17) is 0 Å². The SMILES string of the molecule is CCc1c(Sc2ccccc2)n(CC2=CC(CO)C(CO)C2)c(=O)[nH]c1=O. The van der Waals surface area contributed by atoms with Crippen LogP contribution < -0.4 is 11.2 Å². The van der Waals surface area contributed by atoms with E-state index < -0.39 is 5.69 Å². The molecule has 0 aliphatic heterocycles. The Morgan fingerprint density at radius 1 is 1.19 bits per heavy atom. The average Bonchev–Trinajstić information content (AvgIpc) is 3.08. The van der Waals surface area contributed by atoms with Crippen LogP contribution in [0.15, 0.2) is 61.5 Å². The van der Waals surface area contributed by atoms with Gasteiger partial charge >= 0.3 is 5.69 Å². The molecule has 0 radical (unpaired) electrons. The number of aliphatic hydroxyl groups is 2. The third kappa shape index (κ3) is 4.26. The van der Waals surface area contributed by atoms with Gasteiger partial charge in [-0.05, 0) is 30.9 Å². The molecule has 0 spiro atoms. The number of aliphatic hydroxyl groups excluding tert-OH is 2. The molecule has 6 nitrogen and oxygen atoms in total. The summed E-state index contributed by atoms with van der Waals surface area (Å²) in [6, 6.07) is 9.64. The van der Waals surface area contributed by atoms with E-state index in [2.05, 4.69) is 4.98 Å². The molecule has 1 aliphatic rings.